The molecule has 1 heterocycles. The van der Waals surface area contributed by atoms with Gasteiger partial charge in [0.2, 0.25) is 0 Å². The summed E-state index contributed by atoms with van der Waals surface area (Å²) in [7, 11) is 0. The molecule has 1 N–H and O–H groups in total. The lowest BCUT2D eigenvalue weighted by molar-refractivity contribution is 0.478. The van der Waals surface area contributed by atoms with Crippen molar-refractivity contribution in [1.82, 2.24) is 9.97 Å². The molecule has 0 saturated heterocycles. The molecule has 3 nitrogen and oxygen atoms in total. The Morgan fingerprint density at radius 3 is 2.69 bits per heavy atom. The number of para-hydroxylation sites is 2. The quantitative estimate of drug-likeness (QED) is 0.670. The Labute approximate surface area is 75.4 Å². The number of aliphatic hydroxyl groups is 1. The van der Waals surface area contributed by atoms with Crippen LogP contribution >= 0.6 is 0 Å². The van der Waals surface area contributed by atoms with Gasteiger partial charge in [-0.25, -0.2) is 4.98 Å². The molecule has 0 spiro atoms. The minimum atomic E-state index is 0.654. The number of nitrogens with zero attached hydrogens (tertiary/aromatic N) is 2. The fourth-order valence-electron chi connectivity index (χ4n) is 1.13. The Bertz CT molecular complexity index is 451. The van der Waals surface area contributed by atoms with Gasteiger partial charge >= 0.3 is 0 Å². The number of benzene rings is 1. The standard InChI is InChI=1S/C10H8N2O/c13-6-5-8-7-11-9-3-1-2-4-10(9)12-8/h1-7,13H/b6-5+. The van der Waals surface area contributed by atoms with Crippen molar-refractivity contribution in [3.8, 4) is 0 Å². The van der Waals surface area contributed by atoms with Crippen molar-refractivity contribution in [1.29, 1.82) is 0 Å². The second kappa shape index (κ2) is 3.23. The minimum Gasteiger partial charge on any atom is -0.516 e. The van der Waals surface area contributed by atoms with Crippen LogP contribution < -0.4 is 0 Å². The van der Waals surface area contributed by atoms with Crippen LogP contribution in [0, 0.1) is 0 Å². The molecule has 0 fully saturated rings. The van der Waals surface area contributed by atoms with Gasteiger partial charge in [-0.05, 0) is 18.2 Å². The first kappa shape index (κ1) is 7.73. The van der Waals surface area contributed by atoms with E-state index in [1.54, 1.807) is 6.20 Å². The number of rotatable bonds is 1. The summed E-state index contributed by atoms with van der Waals surface area (Å²) in [5.74, 6) is 0. The molecule has 0 aliphatic carbocycles. The molecule has 2 rings (SSSR count). The summed E-state index contributed by atoms with van der Waals surface area (Å²) in [4.78, 5) is 8.43. The highest BCUT2D eigenvalue weighted by molar-refractivity contribution is 5.74. The van der Waals surface area contributed by atoms with Crippen LogP contribution in [0.15, 0.2) is 36.7 Å². The Kier molecular flexibility index (Phi) is 1.92. The molecular weight excluding hydrogens is 164 g/mol. The van der Waals surface area contributed by atoms with Crippen molar-refractivity contribution in [3.05, 3.63) is 42.4 Å². The van der Waals surface area contributed by atoms with E-state index in [9.17, 15) is 0 Å². The summed E-state index contributed by atoms with van der Waals surface area (Å²) in [6, 6.07) is 7.61. The molecule has 1 aromatic carbocycles. The van der Waals surface area contributed by atoms with Crippen molar-refractivity contribution in [2.24, 2.45) is 0 Å². The number of aliphatic hydroxyl groups excluding tert-OH is 1. The van der Waals surface area contributed by atoms with Crippen molar-refractivity contribution in [2.75, 3.05) is 0 Å². The molecule has 1 aromatic heterocycles. The predicted molar refractivity (Wildman–Crippen MR) is 51.2 cm³/mol. The van der Waals surface area contributed by atoms with Crippen LogP contribution in [0.4, 0.5) is 0 Å². The number of aromatic nitrogens is 2. The van der Waals surface area contributed by atoms with Gasteiger partial charge in [0.1, 0.15) is 0 Å². The second-order valence-electron chi connectivity index (χ2n) is 2.60. The average Bonchev–Trinajstić information content (AvgIpc) is 2.18. The minimum absolute atomic E-state index is 0.654. The topological polar surface area (TPSA) is 46.0 Å². The molecule has 0 atom stereocenters. The van der Waals surface area contributed by atoms with Gasteiger partial charge in [-0.15, -0.1) is 0 Å². The molecular formula is C10H8N2O. The van der Waals surface area contributed by atoms with E-state index in [4.69, 9.17) is 5.11 Å². The molecule has 64 valence electrons. The number of hydrogen-bond acceptors (Lipinski definition) is 3. The highest BCUT2D eigenvalue weighted by Crippen LogP contribution is 2.08. The van der Waals surface area contributed by atoms with Crippen LogP contribution in [0.3, 0.4) is 0 Å². The molecule has 0 aliphatic heterocycles. The van der Waals surface area contributed by atoms with E-state index in [0.717, 1.165) is 17.3 Å². The first-order chi connectivity index (χ1) is 6.40. The molecule has 2 aromatic rings. The normalized spacial score (nSPS) is 11.1. The van der Waals surface area contributed by atoms with E-state index in [1.807, 2.05) is 24.3 Å². The van der Waals surface area contributed by atoms with E-state index < -0.39 is 0 Å². The van der Waals surface area contributed by atoms with Crippen LogP contribution in [-0.2, 0) is 0 Å². The maximum atomic E-state index is 8.54. The van der Waals surface area contributed by atoms with E-state index >= 15 is 0 Å². The third kappa shape index (κ3) is 1.49. The summed E-state index contributed by atoms with van der Waals surface area (Å²) < 4.78 is 0. The van der Waals surface area contributed by atoms with Crippen LogP contribution in [0.1, 0.15) is 5.69 Å². The summed E-state index contributed by atoms with van der Waals surface area (Å²) >= 11 is 0. The van der Waals surface area contributed by atoms with Gasteiger partial charge in [0, 0.05) is 0 Å². The molecule has 0 aliphatic rings. The molecule has 0 radical (unpaired) electrons. The van der Waals surface area contributed by atoms with Crippen molar-refractivity contribution < 1.29 is 5.11 Å². The van der Waals surface area contributed by atoms with E-state index in [1.165, 1.54) is 6.08 Å². The summed E-state index contributed by atoms with van der Waals surface area (Å²) in [5, 5.41) is 8.54. The van der Waals surface area contributed by atoms with E-state index in [-0.39, 0.29) is 0 Å². The summed E-state index contributed by atoms with van der Waals surface area (Å²) in [6.45, 7) is 0. The first-order valence-electron chi connectivity index (χ1n) is 3.93. The lowest BCUT2D eigenvalue weighted by Gasteiger charge is -1.96. The monoisotopic (exact) mass is 172 g/mol. The van der Waals surface area contributed by atoms with Gasteiger partial charge in [0.15, 0.2) is 0 Å². The highest BCUT2D eigenvalue weighted by atomic mass is 16.2. The smallest absolute Gasteiger partial charge is 0.0894 e. The lowest BCUT2D eigenvalue weighted by atomic mass is 10.3. The van der Waals surface area contributed by atoms with Gasteiger partial charge in [0.25, 0.3) is 0 Å². The van der Waals surface area contributed by atoms with Crippen molar-refractivity contribution in [2.45, 2.75) is 0 Å². The molecule has 0 amide bonds. The molecule has 0 saturated carbocycles. The van der Waals surface area contributed by atoms with Gasteiger partial charge in [-0.2, -0.15) is 0 Å². The maximum Gasteiger partial charge on any atom is 0.0894 e. The number of hydrogen-bond donors (Lipinski definition) is 1. The summed E-state index contributed by atoms with van der Waals surface area (Å²) in [6.07, 6.45) is 4.08. The maximum absolute atomic E-state index is 8.54. The Morgan fingerprint density at radius 1 is 1.15 bits per heavy atom. The van der Waals surface area contributed by atoms with Gasteiger partial charge < -0.3 is 5.11 Å². The van der Waals surface area contributed by atoms with Crippen molar-refractivity contribution >= 4 is 17.1 Å². The molecule has 0 bridgehead atoms. The number of fused-ring (bicyclic) bond motifs is 1. The molecule has 13 heavy (non-hydrogen) atoms. The largest absolute Gasteiger partial charge is 0.516 e. The zero-order valence-corrected chi connectivity index (χ0v) is 6.88. The first-order valence-corrected chi connectivity index (χ1v) is 3.93. The van der Waals surface area contributed by atoms with E-state index in [0.29, 0.717) is 5.69 Å². The fraction of sp³-hybridized carbons (Fsp3) is 0. The Hall–Kier alpha value is -1.90. The third-order valence-corrected chi connectivity index (χ3v) is 1.71. The Balaban J connectivity index is 2.62. The molecule has 3 heteroatoms. The second-order valence-corrected chi connectivity index (χ2v) is 2.60. The van der Waals surface area contributed by atoms with Crippen LogP contribution in [0.5, 0.6) is 0 Å². The van der Waals surface area contributed by atoms with Gasteiger partial charge in [-0.1, -0.05) is 12.1 Å². The SMILES string of the molecule is O/C=C/c1cnc2ccccc2n1. The zero-order chi connectivity index (χ0) is 9.10. The predicted octanol–water partition coefficient (Wildman–Crippen LogP) is 2.16. The molecule has 0 unspecified atom stereocenters. The van der Waals surface area contributed by atoms with Crippen molar-refractivity contribution in [3.63, 3.8) is 0 Å². The van der Waals surface area contributed by atoms with Crippen LogP contribution in [-0.4, -0.2) is 15.1 Å². The fourth-order valence-corrected chi connectivity index (χ4v) is 1.13. The lowest BCUT2D eigenvalue weighted by Crippen LogP contribution is -1.86. The van der Waals surface area contributed by atoms with Crippen LogP contribution in [0.25, 0.3) is 17.1 Å². The Morgan fingerprint density at radius 2 is 1.92 bits per heavy atom. The van der Waals surface area contributed by atoms with Gasteiger partial charge in [0.05, 0.1) is 29.2 Å². The van der Waals surface area contributed by atoms with Gasteiger partial charge in [-0.3, -0.25) is 4.98 Å². The van der Waals surface area contributed by atoms with E-state index in [2.05, 4.69) is 9.97 Å². The average molecular weight is 172 g/mol. The summed E-state index contributed by atoms with van der Waals surface area (Å²) in [5.41, 5.74) is 2.34. The van der Waals surface area contributed by atoms with Crippen LogP contribution in [0.2, 0.25) is 0 Å². The third-order valence-electron chi connectivity index (χ3n) is 1.71. The zero-order valence-electron chi connectivity index (χ0n) is 6.88. The highest BCUT2D eigenvalue weighted by Gasteiger charge is 1.94.